The molecular formula is C15H17N5O. The molecule has 0 amide bonds. The average Bonchev–Trinajstić information content (AvgIpc) is 2.91. The fraction of sp³-hybridized carbons (Fsp3) is 0.400. The molecule has 1 aliphatic rings. The van der Waals surface area contributed by atoms with Crippen molar-refractivity contribution in [2.45, 2.75) is 26.2 Å². The number of hydrogen-bond donors (Lipinski definition) is 2. The van der Waals surface area contributed by atoms with Gasteiger partial charge in [0.05, 0.1) is 11.9 Å². The highest BCUT2D eigenvalue weighted by molar-refractivity contribution is 5.70. The summed E-state index contributed by atoms with van der Waals surface area (Å²) < 4.78 is 1.29. The topological polar surface area (TPSA) is 86.0 Å². The van der Waals surface area contributed by atoms with Crippen LogP contribution in [-0.4, -0.2) is 27.7 Å². The lowest BCUT2D eigenvalue weighted by atomic mass is 9.96. The normalized spacial score (nSPS) is 15.2. The number of aromatic amines is 1. The van der Waals surface area contributed by atoms with Gasteiger partial charge in [-0.15, -0.1) is 0 Å². The van der Waals surface area contributed by atoms with Crippen molar-refractivity contribution in [2.24, 2.45) is 0 Å². The second-order valence-corrected chi connectivity index (χ2v) is 5.50. The number of H-pyrrole nitrogens is 1. The van der Waals surface area contributed by atoms with E-state index in [9.17, 15) is 4.79 Å². The summed E-state index contributed by atoms with van der Waals surface area (Å²) >= 11 is 0. The molecule has 2 aromatic rings. The van der Waals surface area contributed by atoms with E-state index in [0.29, 0.717) is 16.8 Å². The molecule has 0 saturated carbocycles. The minimum Gasteiger partial charge on any atom is -0.338 e. The van der Waals surface area contributed by atoms with Crippen LogP contribution in [0.15, 0.2) is 17.1 Å². The lowest BCUT2D eigenvalue weighted by molar-refractivity contribution is 0.729. The molecule has 0 radical (unpaired) electrons. The van der Waals surface area contributed by atoms with Gasteiger partial charge in [-0.05, 0) is 24.5 Å². The van der Waals surface area contributed by atoms with Crippen LogP contribution in [0.4, 0.5) is 0 Å². The summed E-state index contributed by atoms with van der Waals surface area (Å²) in [6.45, 7) is 5.65. The van der Waals surface area contributed by atoms with E-state index in [2.05, 4.69) is 27.5 Å². The number of nitriles is 1. The van der Waals surface area contributed by atoms with Gasteiger partial charge >= 0.3 is 0 Å². The maximum atomic E-state index is 12.7. The minimum atomic E-state index is -0.151. The van der Waals surface area contributed by atoms with Gasteiger partial charge in [-0.1, -0.05) is 19.9 Å². The van der Waals surface area contributed by atoms with Gasteiger partial charge in [0.2, 0.25) is 0 Å². The van der Waals surface area contributed by atoms with E-state index in [-0.39, 0.29) is 11.5 Å². The molecule has 108 valence electrons. The zero-order valence-electron chi connectivity index (χ0n) is 12.1. The van der Waals surface area contributed by atoms with Crippen LogP contribution in [0, 0.1) is 11.3 Å². The molecule has 21 heavy (non-hydrogen) atoms. The summed E-state index contributed by atoms with van der Waals surface area (Å²) in [4.78, 5) is 15.9. The third-order valence-corrected chi connectivity index (χ3v) is 3.75. The molecule has 3 heterocycles. The Morgan fingerprint density at radius 3 is 2.90 bits per heavy atom. The first kappa shape index (κ1) is 13.6. The number of fused-ring (bicyclic) bond motifs is 1. The summed E-state index contributed by atoms with van der Waals surface area (Å²) in [6, 6.07) is 2.07. The summed E-state index contributed by atoms with van der Waals surface area (Å²) in [5, 5.41) is 16.5. The van der Waals surface area contributed by atoms with Gasteiger partial charge in [-0.3, -0.25) is 4.79 Å². The van der Waals surface area contributed by atoms with Crippen molar-refractivity contribution in [2.75, 3.05) is 13.1 Å². The molecule has 3 rings (SSSR count). The van der Waals surface area contributed by atoms with Crippen molar-refractivity contribution in [3.8, 4) is 6.07 Å². The van der Waals surface area contributed by atoms with Crippen LogP contribution in [0.2, 0.25) is 0 Å². The summed E-state index contributed by atoms with van der Waals surface area (Å²) in [6.07, 6.45) is 4.51. The Hall–Kier alpha value is -2.39. The molecule has 0 aromatic carbocycles. The zero-order chi connectivity index (χ0) is 15.0. The van der Waals surface area contributed by atoms with E-state index < -0.39 is 0 Å². The van der Waals surface area contributed by atoms with Gasteiger partial charge in [0.25, 0.3) is 5.56 Å². The third kappa shape index (κ3) is 2.16. The molecule has 0 unspecified atom stereocenters. The van der Waals surface area contributed by atoms with Crippen molar-refractivity contribution < 1.29 is 0 Å². The van der Waals surface area contributed by atoms with Crippen molar-refractivity contribution in [1.82, 2.24) is 19.9 Å². The maximum absolute atomic E-state index is 12.7. The van der Waals surface area contributed by atoms with Crippen molar-refractivity contribution in [3.63, 3.8) is 0 Å². The van der Waals surface area contributed by atoms with Gasteiger partial charge < -0.3 is 10.3 Å². The molecule has 0 spiro atoms. The monoisotopic (exact) mass is 283 g/mol. The third-order valence-electron chi connectivity index (χ3n) is 3.75. The SMILES string of the molecule is CC(C)c1c(C2=CCCNC2)[nH]c2c(C#N)cnn2c1=O. The highest BCUT2D eigenvalue weighted by atomic mass is 16.1. The Kier molecular flexibility index (Phi) is 3.35. The molecule has 0 bridgehead atoms. The van der Waals surface area contributed by atoms with Gasteiger partial charge in [0.15, 0.2) is 5.65 Å². The Labute approximate surface area is 122 Å². The van der Waals surface area contributed by atoms with Crippen LogP contribution in [-0.2, 0) is 0 Å². The molecule has 0 fully saturated rings. The number of aromatic nitrogens is 3. The Bertz CT molecular complexity index is 819. The molecule has 0 atom stereocenters. The smallest absolute Gasteiger partial charge is 0.278 e. The van der Waals surface area contributed by atoms with Crippen LogP contribution < -0.4 is 10.9 Å². The molecule has 2 N–H and O–H groups in total. The largest absolute Gasteiger partial charge is 0.338 e. The highest BCUT2D eigenvalue weighted by Crippen LogP contribution is 2.23. The van der Waals surface area contributed by atoms with Crippen LogP contribution in [0.1, 0.15) is 43.0 Å². The molecule has 6 nitrogen and oxygen atoms in total. The maximum Gasteiger partial charge on any atom is 0.278 e. The summed E-state index contributed by atoms with van der Waals surface area (Å²) in [7, 11) is 0. The number of rotatable bonds is 2. The fourth-order valence-electron chi connectivity index (χ4n) is 2.73. The number of nitrogens with one attached hydrogen (secondary N) is 2. The van der Waals surface area contributed by atoms with Crippen LogP contribution in [0.25, 0.3) is 11.2 Å². The molecular weight excluding hydrogens is 266 g/mol. The van der Waals surface area contributed by atoms with Crippen LogP contribution >= 0.6 is 0 Å². The molecule has 1 aliphatic heterocycles. The minimum absolute atomic E-state index is 0.0747. The molecule has 2 aromatic heterocycles. The first-order valence-corrected chi connectivity index (χ1v) is 7.07. The standard InChI is InChI=1S/C15H17N5O/c1-9(2)12-13(10-4-3-5-17-7-10)19-14-11(6-16)8-18-20(14)15(12)21/h4,8-9,17,19H,3,5,7H2,1-2H3. The number of hydrogen-bond acceptors (Lipinski definition) is 4. The quantitative estimate of drug-likeness (QED) is 0.872. The lowest BCUT2D eigenvalue weighted by Crippen LogP contribution is -2.27. The van der Waals surface area contributed by atoms with Gasteiger partial charge in [-0.2, -0.15) is 14.9 Å². The van der Waals surface area contributed by atoms with E-state index in [4.69, 9.17) is 5.26 Å². The first-order chi connectivity index (χ1) is 10.1. The van der Waals surface area contributed by atoms with E-state index in [1.54, 1.807) is 0 Å². The number of nitrogens with zero attached hydrogens (tertiary/aromatic N) is 3. The molecule has 0 aliphatic carbocycles. The molecule has 6 heteroatoms. The van der Waals surface area contributed by atoms with E-state index in [1.165, 1.54) is 10.7 Å². The zero-order valence-corrected chi connectivity index (χ0v) is 12.1. The summed E-state index contributed by atoms with van der Waals surface area (Å²) in [5.74, 6) is 0.0747. The Morgan fingerprint density at radius 1 is 1.48 bits per heavy atom. The Morgan fingerprint density at radius 2 is 2.29 bits per heavy atom. The predicted molar refractivity (Wildman–Crippen MR) is 80.1 cm³/mol. The second-order valence-electron chi connectivity index (χ2n) is 5.50. The van der Waals surface area contributed by atoms with E-state index in [0.717, 1.165) is 30.8 Å². The Balaban J connectivity index is 2.35. The fourth-order valence-corrected chi connectivity index (χ4v) is 2.73. The van der Waals surface area contributed by atoms with Crippen molar-refractivity contribution in [3.05, 3.63) is 39.4 Å². The van der Waals surface area contributed by atoms with Crippen molar-refractivity contribution >= 4 is 11.2 Å². The van der Waals surface area contributed by atoms with Gasteiger partial charge in [0, 0.05) is 12.1 Å². The lowest BCUT2D eigenvalue weighted by Gasteiger charge is -2.19. The second kappa shape index (κ2) is 5.19. The van der Waals surface area contributed by atoms with Crippen LogP contribution in [0.5, 0.6) is 0 Å². The van der Waals surface area contributed by atoms with Gasteiger partial charge in [0.1, 0.15) is 11.6 Å². The van der Waals surface area contributed by atoms with Crippen LogP contribution in [0.3, 0.4) is 0 Å². The van der Waals surface area contributed by atoms with E-state index >= 15 is 0 Å². The van der Waals surface area contributed by atoms with Gasteiger partial charge in [-0.25, -0.2) is 0 Å². The van der Waals surface area contributed by atoms with Crippen molar-refractivity contribution in [1.29, 1.82) is 5.26 Å². The highest BCUT2D eigenvalue weighted by Gasteiger charge is 2.20. The predicted octanol–water partition coefficient (Wildman–Crippen LogP) is 1.39. The summed E-state index contributed by atoms with van der Waals surface area (Å²) in [5.41, 5.74) is 3.31. The average molecular weight is 283 g/mol. The molecule has 0 saturated heterocycles. The van der Waals surface area contributed by atoms with E-state index in [1.807, 2.05) is 13.8 Å². The first-order valence-electron chi connectivity index (χ1n) is 7.07.